The van der Waals surface area contributed by atoms with E-state index in [9.17, 15) is 50.7 Å². The predicted octanol–water partition coefficient (Wildman–Crippen LogP) is 4.71. The van der Waals surface area contributed by atoms with E-state index in [1.165, 1.54) is 37.6 Å². The van der Waals surface area contributed by atoms with Gasteiger partial charge in [0.25, 0.3) is 10.0 Å². The maximum absolute atomic E-state index is 12.6. The molecule has 0 aliphatic carbocycles. The highest BCUT2D eigenvalue weighted by molar-refractivity contribution is 7.90. The third kappa shape index (κ3) is 16.0. The molecule has 0 radical (unpaired) electrons. The maximum atomic E-state index is 12.6. The van der Waals surface area contributed by atoms with Crippen LogP contribution in [0.1, 0.15) is 28.0 Å². The second-order valence-electron chi connectivity index (χ2n) is 10.4. The molecule has 0 bridgehead atoms. The van der Waals surface area contributed by atoms with E-state index < -0.39 is 74.9 Å². The van der Waals surface area contributed by atoms with Crippen LogP contribution in [0.5, 0.6) is 23.3 Å². The Bertz CT molecular complexity index is 2280. The zero-order valence-electron chi connectivity index (χ0n) is 29.6. The molecule has 0 saturated heterocycles. The molecule has 7 N–H and O–H groups in total. The van der Waals surface area contributed by atoms with Crippen LogP contribution in [-0.2, 0) is 25.6 Å². The van der Waals surface area contributed by atoms with Crippen LogP contribution in [0.15, 0.2) is 52.7 Å². The van der Waals surface area contributed by atoms with E-state index in [1.807, 2.05) is 0 Å². The molecule has 2 aromatic heterocycles. The molecule has 2 amide bonds. The van der Waals surface area contributed by atoms with Gasteiger partial charge in [0.2, 0.25) is 11.7 Å². The number of aromatic carboxylic acids is 1. The zero-order valence-corrected chi connectivity index (χ0v) is 32.9. The number of thiophene rings is 1. The van der Waals surface area contributed by atoms with Crippen LogP contribution in [-0.4, -0.2) is 92.8 Å². The first-order valence-corrected chi connectivity index (χ1v) is 19.7. The van der Waals surface area contributed by atoms with Crippen molar-refractivity contribution in [3.8, 4) is 23.3 Å². The summed E-state index contributed by atoms with van der Waals surface area (Å²) in [5, 5.41) is 33.1. The average Bonchev–Trinajstić information content (AvgIpc) is 3.60. The number of nitro groups is 1. The van der Waals surface area contributed by atoms with E-state index in [0.29, 0.717) is 0 Å². The van der Waals surface area contributed by atoms with Gasteiger partial charge in [-0.1, -0.05) is 11.6 Å². The fourth-order valence-corrected chi connectivity index (χ4v) is 6.54. The number of carbonyl (C=O) groups excluding carboxylic acids is 1. The summed E-state index contributed by atoms with van der Waals surface area (Å²) in [6, 6.07) is 6.26. The SMILES string of the molecule is CCOc1cc(Oc2ccc(C(F)(F)F)cc2Cl)ccc1[N+](=O)[O-].COc1nc(C)nc(NC(=O)NS(=O)(=O)c2ccsc2C(=O)O)n1.O=C(O)CNCP(=O)(O)O. The van der Waals surface area contributed by atoms with Crippen molar-refractivity contribution >= 4 is 70.2 Å². The third-order valence-corrected chi connectivity index (χ3v) is 9.32. The van der Waals surface area contributed by atoms with Gasteiger partial charge in [-0.05, 0) is 49.6 Å². The number of aromatic nitrogens is 3. The van der Waals surface area contributed by atoms with Crippen LogP contribution in [0.25, 0.3) is 0 Å². The molecular formula is C29H30ClF3N7O15PS2. The number of ether oxygens (including phenoxy) is 3. The molecule has 2 aromatic carbocycles. The van der Waals surface area contributed by atoms with Gasteiger partial charge in [0.1, 0.15) is 27.1 Å². The molecule has 4 rings (SSSR count). The Labute approximate surface area is 333 Å². The minimum Gasteiger partial charge on any atom is -0.487 e. The monoisotopic (exact) mass is 903 g/mol. The van der Waals surface area contributed by atoms with E-state index in [1.54, 1.807) is 11.6 Å². The van der Waals surface area contributed by atoms with Crippen LogP contribution in [0.4, 0.5) is 29.6 Å². The van der Waals surface area contributed by atoms with Crippen LogP contribution < -0.4 is 29.6 Å². The molecule has 0 unspecified atom stereocenters. The van der Waals surface area contributed by atoms with Gasteiger partial charge >= 0.3 is 43.4 Å². The molecule has 316 valence electrons. The van der Waals surface area contributed by atoms with Crippen LogP contribution in [0.2, 0.25) is 5.02 Å². The Hall–Kier alpha value is -5.70. The molecule has 0 aliphatic heterocycles. The highest BCUT2D eigenvalue weighted by Gasteiger charge is 2.31. The number of aryl methyl sites for hydroxylation is 1. The molecule has 2 heterocycles. The molecular weight excluding hydrogens is 874 g/mol. The summed E-state index contributed by atoms with van der Waals surface area (Å²) in [4.78, 5) is 69.7. The van der Waals surface area contributed by atoms with Crippen molar-refractivity contribution in [2.24, 2.45) is 0 Å². The molecule has 58 heavy (non-hydrogen) atoms. The number of nitrogens with zero attached hydrogens (tertiary/aromatic N) is 4. The summed E-state index contributed by atoms with van der Waals surface area (Å²) in [6.07, 6.45) is -5.11. The van der Waals surface area contributed by atoms with Gasteiger partial charge < -0.3 is 34.2 Å². The minimum atomic E-state index is -4.52. The second-order valence-corrected chi connectivity index (χ2v) is 15.0. The lowest BCUT2D eigenvalue weighted by Crippen LogP contribution is -2.35. The number of rotatable bonds is 14. The van der Waals surface area contributed by atoms with Crippen molar-refractivity contribution in [1.29, 1.82) is 0 Å². The Morgan fingerprint density at radius 1 is 1.05 bits per heavy atom. The molecule has 22 nitrogen and oxygen atoms in total. The summed E-state index contributed by atoms with van der Waals surface area (Å²) < 4.78 is 89.1. The number of carbonyl (C=O) groups is 3. The van der Waals surface area contributed by atoms with Crippen molar-refractivity contribution in [1.82, 2.24) is 25.0 Å². The number of carboxylic acids is 2. The van der Waals surface area contributed by atoms with Gasteiger partial charge in [-0.2, -0.15) is 28.1 Å². The lowest BCUT2D eigenvalue weighted by molar-refractivity contribution is -0.385. The lowest BCUT2D eigenvalue weighted by atomic mass is 10.2. The number of sulfonamides is 1. The number of nitrogens with one attached hydrogen (secondary N) is 3. The van der Waals surface area contributed by atoms with Crippen molar-refractivity contribution in [2.45, 2.75) is 24.9 Å². The number of halogens is 4. The van der Waals surface area contributed by atoms with Crippen LogP contribution >= 0.6 is 30.5 Å². The first-order chi connectivity index (χ1) is 26.9. The van der Waals surface area contributed by atoms with Crippen molar-refractivity contribution < 1.29 is 79.7 Å². The summed E-state index contributed by atoms with van der Waals surface area (Å²) in [6.45, 7) is 2.94. The summed E-state index contributed by atoms with van der Waals surface area (Å²) >= 11 is 6.53. The maximum Gasteiger partial charge on any atom is 0.416 e. The fraction of sp³-hybridized carbons (Fsp3) is 0.241. The first kappa shape index (κ1) is 48.4. The topological polar surface area (TPSA) is 329 Å². The van der Waals surface area contributed by atoms with Gasteiger partial charge in [-0.3, -0.25) is 30.1 Å². The molecule has 0 fully saturated rings. The quantitative estimate of drug-likeness (QED) is 0.0511. The zero-order chi connectivity index (χ0) is 44.0. The fourth-order valence-electron chi connectivity index (χ4n) is 3.75. The second kappa shape index (κ2) is 21.2. The Kier molecular flexibility index (Phi) is 17.7. The molecule has 4 aromatic rings. The van der Waals surface area contributed by atoms with Crippen LogP contribution in [0, 0.1) is 17.0 Å². The van der Waals surface area contributed by atoms with Crippen molar-refractivity contribution in [3.63, 3.8) is 0 Å². The number of amides is 2. The summed E-state index contributed by atoms with van der Waals surface area (Å²) in [5.74, 6) is -2.42. The predicted molar refractivity (Wildman–Crippen MR) is 195 cm³/mol. The lowest BCUT2D eigenvalue weighted by Gasteiger charge is -2.12. The van der Waals surface area contributed by atoms with Gasteiger partial charge in [-0.15, -0.1) is 11.3 Å². The molecule has 0 saturated carbocycles. The highest BCUT2D eigenvalue weighted by atomic mass is 35.5. The number of alkyl halides is 3. The van der Waals surface area contributed by atoms with E-state index in [-0.39, 0.29) is 52.3 Å². The standard InChI is InChI=1S/C15H11ClF3NO4.C11H11N5O6S2.C3H8NO5P/c1-2-23-14-8-10(4-5-12(14)20(21)22)24-13-6-3-9(7-11(13)16)15(17,18)19;1-5-12-9(15-11(13-5)22-2)14-10(19)16-24(20,21)6-3-4-23-7(6)8(17)18;5-3(6)1-4-2-10(7,8)9/h3-8H,2H2,1H3;3-4H,1-2H3,(H,17,18)(H2,12,13,14,15,16,19);4H,1-2H2,(H,5,6)(H2,7,8,9). The molecule has 29 heteroatoms. The van der Waals surface area contributed by atoms with E-state index in [4.69, 9.17) is 45.8 Å². The largest absolute Gasteiger partial charge is 0.487 e. The number of hydrogen-bond acceptors (Lipinski definition) is 16. The molecule has 0 spiro atoms. The number of anilines is 1. The third-order valence-electron chi connectivity index (χ3n) is 5.98. The molecule has 0 atom stereocenters. The minimum absolute atomic E-state index is 0.0111. The number of nitro benzene ring substituents is 1. The number of urea groups is 1. The van der Waals surface area contributed by atoms with E-state index >= 15 is 0 Å². The first-order valence-electron chi connectivity index (χ1n) is 15.2. The Balaban J connectivity index is 0.000000326. The average molecular weight is 904 g/mol. The number of carboxylic acid groups (broad SMARTS) is 2. The number of hydrogen-bond donors (Lipinski definition) is 7. The normalized spacial score (nSPS) is 11.1. The van der Waals surface area contributed by atoms with Gasteiger partial charge in [-0.25, -0.2) is 22.7 Å². The van der Waals surface area contributed by atoms with Gasteiger partial charge in [0.05, 0.1) is 42.1 Å². The Morgan fingerprint density at radius 2 is 1.72 bits per heavy atom. The summed E-state index contributed by atoms with van der Waals surface area (Å²) in [7, 11) is -7.16. The van der Waals surface area contributed by atoms with E-state index in [0.717, 1.165) is 35.6 Å². The van der Waals surface area contributed by atoms with Gasteiger partial charge in [0.15, 0.2) is 0 Å². The van der Waals surface area contributed by atoms with Crippen LogP contribution in [0.3, 0.4) is 0 Å². The smallest absolute Gasteiger partial charge is 0.416 e. The number of aliphatic carboxylic acids is 1. The number of benzene rings is 2. The van der Waals surface area contributed by atoms with Crippen molar-refractivity contribution in [3.05, 3.63) is 79.2 Å². The highest BCUT2D eigenvalue weighted by Crippen LogP contribution is 2.38. The van der Waals surface area contributed by atoms with Gasteiger partial charge in [0, 0.05) is 12.1 Å². The molecule has 0 aliphatic rings. The van der Waals surface area contributed by atoms with Crippen molar-refractivity contribution in [2.75, 3.05) is 31.9 Å². The number of methoxy groups -OCH3 is 1. The Morgan fingerprint density at radius 3 is 2.26 bits per heavy atom. The summed E-state index contributed by atoms with van der Waals surface area (Å²) in [5.41, 5.74) is -1.15. The van der Waals surface area contributed by atoms with E-state index in [2.05, 4.69) is 25.6 Å².